The molecule has 0 saturated carbocycles. The predicted molar refractivity (Wildman–Crippen MR) is 129 cm³/mol. The minimum absolute atomic E-state index is 0.111. The molecule has 0 spiro atoms. The lowest BCUT2D eigenvalue weighted by molar-refractivity contribution is -0.118. The molecule has 31 heavy (non-hydrogen) atoms. The molecule has 1 amide bonds. The molecule has 1 aromatic carbocycles. The van der Waals surface area contributed by atoms with Crippen molar-refractivity contribution in [3.63, 3.8) is 0 Å². The molecule has 3 atom stereocenters. The summed E-state index contributed by atoms with van der Waals surface area (Å²) in [5, 5.41) is -0.339. The highest BCUT2D eigenvalue weighted by atomic mass is 32.2. The van der Waals surface area contributed by atoms with Crippen molar-refractivity contribution in [3.05, 3.63) is 48.2 Å². The predicted octanol–water partition coefficient (Wildman–Crippen LogP) is 5.28. The second-order valence-electron chi connectivity index (χ2n) is 8.87. The van der Waals surface area contributed by atoms with Crippen molar-refractivity contribution in [1.82, 2.24) is 9.88 Å². The SMILES string of the molecule is C[C@@H]1CCC[C@H](C)N1CCCCCN1C(=O)C(c2cccc(N)n2)Sc2ccccc21. The second-order valence-corrected chi connectivity index (χ2v) is 10.0. The van der Waals surface area contributed by atoms with Crippen LogP contribution in [0.2, 0.25) is 0 Å². The Balaban J connectivity index is 1.39. The minimum atomic E-state index is -0.339. The molecule has 1 saturated heterocycles. The van der Waals surface area contributed by atoms with E-state index in [1.807, 2.05) is 29.2 Å². The number of nitrogen functional groups attached to an aromatic ring is 1. The van der Waals surface area contributed by atoms with Crippen molar-refractivity contribution in [2.45, 2.75) is 74.6 Å². The van der Waals surface area contributed by atoms with Gasteiger partial charge in [-0.2, -0.15) is 0 Å². The molecule has 1 unspecified atom stereocenters. The van der Waals surface area contributed by atoms with Gasteiger partial charge in [-0.15, -0.1) is 11.8 Å². The molecule has 5 nitrogen and oxygen atoms in total. The van der Waals surface area contributed by atoms with Gasteiger partial charge in [-0.3, -0.25) is 9.69 Å². The molecule has 0 bridgehead atoms. The number of carbonyl (C=O) groups is 1. The zero-order valence-corrected chi connectivity index (χ0v) is 19.5. The molecule has 2 aliphatic heterocycles. The van der Waals surface area contributed by atoms with E-state index >= 15 is 0 Å². The summed E-state index contributed by atoms with van der Waals surface area (Å²) >= 11 is 1.58. The fraction of sp³-hybridized carbons (Fsp3) is 0.520. The number of unbranched alkanes of at least 4 members (excludes halogenated alkanes) is 2. The summed E-state index contributed by atoms with van der Waals surface area (Å²) in [6.45, 7) is 6.64. The van der Waals surface area contributed by atoms with Gasteiger partial charge in [-0.05, 0) is 70.3 Å². The number of pyridine rings is 1. The summed E-state index contributed by atoms with van der Waals surface area (Å²) in [6.07, 6.45) is 7.33. The standard InChI is InChI=1S/C25H34N4OS/c1-18-10-8-11-19(2)28(18)16-6-3-7-17-29-21-13-4-5-14-22(21)31-24(25(29)30)20-12-9-15-23(26)27-20/h4-5,9,12-15,18-19,24H,3,6-8,10-11,16-17H2,1-2H3,(H2,26,27)/t18-,19+,24?. The number of hydrogen-bond acceptors (Lipinski definition) is 5. The molecule has 4 rings (SSSR count). The Labute approximate surface area is 190 Å². The van der Waals surface area contributed by atoms with E-state index in [2.05, 4.69) is 35.9 Å². The normalized spacial score (nSPS) is 24.3. The van der Waals surface area contributed by atoms with E-state index in [9.17, 15) is 4.79 Å². The average Bonchev–Trinajstić information content (AvgIpc) is 2.76. The number of anilines is 2. The number of likely N-dealkylation sites (tertiary alicyclic amines) is 1. The van der Waals surface area contributed by atoms with E-state index in [0.29, 0.717) is 17.9 Å². The molecule has 2 aliphatic rings. The van der Waals surface area contributed by atoms with Crippen molar-refractivity contribution in [2.24, 2.45) is 0 Å². The maximum absolute atomic E-state index is 13.4. The number of nitrogens with zero attached hydrogens (tertiary/aromatic N) is 3. The third-order valence-electron chi connectivity index (χ3n) is 6.63. The van der Waals surface area contributed by atoms with Crippen LogP contribution in [0.15, 0.2) is 47.4 Å². The van der Waals surface area contributed by atoms with Crippen molar-refractivity contribution in [1.29, 1.82) is 0 Å². The summed E-state index contributed by atoms with van der Waals surface area (Å²) in [5.74, 6) is 0.567. The van der Waals surface area contributed by atoms with Gasteiger partial charge in [0.15, 0.2) is 0 Å². The zero-order valence-electron chi connectivity index (χ0n) is 18.7. The Kier molecular flexibility index (Phi) is 7.18. The number of nitrogens with two attached hydrogens (primary N) is 1. The molecule has 1 fully saturated rings. The second kappa shape index (κ2) is 10.0. The van der Waals surface area contributed by atoms with Crippen LogP contribution < -0.4 is 10.6 Å². The lowest BCUT2D eigenvalue weighted by Gasteiger charge is -2.39. The number of fused-ring (bicyclic) bond motifs is 1. The molecule has 6 heteroatoms. The quantitative estimate of drug-likeness (QED) is 0.596. The van der Waals surface area contributed by atoms with Crippen molar-refractivity contribution in [3.8, 4) is 0 Å². The first-order valence-electron chi connectivity index (χ1n) is 11.6. The van der Waals surface area contributed by atoms with Crippen molar-refractivity contribution in [2.75, 3.05) is 23.7 Å². The highest BCUT2D eigenvalue weighted by Gasteiger charge is 2.35. The van der Waals surface area contributed by atoms with Crippen molar-refractivity contribution >= 4 is 29.2 Å². The first-order chi connectivity index (χ1) is 15.0. The third kappa shape index (κ3) is 5.07. The van der Waals surface area contributed by atoms with Gasteiger partial charge in [0, 0.05) is 23.5 Å². The van der Waals surface area contributed by atoms with Crippen LogP contribution in [0.25, 0.3) is 0 Å². The largest absolute Gasteiger partial charge is 0.384 e. The monoisotopic (exact) mass is 438 g/mol. The maximum Gasteiger partial charge on any atom is 0.246 e. The topological polar surface area (TPSA) is 62.5 Å². The van der Waals surface area contributed by atoms with Gasteiger partial charge in [0.05, 0.1) is 11.4 Å². The van der Waals surface area contributed by atoms with E-state index in [4.69, 9.17) is 5.73 Å². The van der Waals surface area contributed by atoms with Crippen molar-refractivity contribution < 1.29 is 4.79 Å². The highest BCUT2D eigenvalue weighted by Crippen LogP contribution is 2.46. The molecule has 0 radical (unpaired) electrons. The van der Waals surface area contributed by atoms with Crippen LogP contribution in [0.5, 0.6) is 0 Å². The molecular weight excluding hydrogens is 404 g/mol. The number of para-hydroxylation sites is 1. The Morgan fingerprint density at radius 3 is 2.52 bits per heavy atom. The minimum Gasteiger partial charge on any atom is -0.384 e. The van der Waals surface area contributed by atoms with Gasteiger partial charge < -0.3 is 10.6 Å². The van der Waals surface area contributed by atoms with Gasteiger partial charge in [-0.1, -0.05) is 31.0 Å². The zero-order chi connectivity index (χ0) is 21.8. The van der Waals surface area contributed by atoms with Crippen LogP contribution in [0, 0.1) is 0 Å². The van der Waals surface area contributed by atoms with Gasteiger partial charge in [0.25, 0.3) is 0 Å². The third-order valence-corrected chi connectivity index (χ3v) is 7.90. The molecule has 1 aromatic heterocycles. The summed E-state index contributed by atoms with van der Waals surface area (Å²) in [4.78, 5) is 23.6. The van der Waals surface area contributed by atoms with Gasteiger partial charge in [-0.25, -0.2) is 4.98 Å². The van der Waals surface area contributed by atoms with Crippen LogP contribution in [-0.4, -0.2) is 41.0 Å². The number of hydrogen-bond donors (Lipinski definition) is 1. The van der Waals surface area contributed by atoms with Crippen LogP contribution in [0.4, 0.5) is 11.5 Å². The Hall–Kier alpha value is -2.05. The number of carbonyl (C=O) groups excluding carboxylic acids is 1. The fourth-order valence-electron chi connectivity index (χ4n) is 4.91. The number of thioether (sulfide) groups is 1. The lowest BCUT2D eigenvalue weighted by atomic mass is 9.97. The van der Waals surface area contributed by atoms with Gasteiger partial charge in [0.1, 0.15) is 11.1 Å². The van der Waals surface area contributed by atoms with Crippen LogP contribution >= 0.6 is 11.8 Å². The van der Waals surface area contributed by atoms with Crippen LogP contribution in [0.3, 0.4) is 0 Å². The number of rotatable bonds is 7. The average molecular weight is 439 g/mol. The number of amides is 1. The van der Waals surface area contributed by atoms with Gasteiger partial charge in [0.2, 0.25) is 5.91 Å². The molecule has 0 aliphatic carbocycles. The smallest absolute Gasteiger partial charge is 0.246 e. The van der Waals surface area contributed by atoms with Crippen LogP contribution in [-0.2, 0) is 4.79 Å². The van der Waals surface area contributed by atoms with E-state index in [1.54, 1.807) is 17.8 Å². The Morgan fingerprint density at radius 1 is 1.00 bits per heavy atom. The molecule has 2 aromatic rings. The summed E-state index contributed by atoms with van der Waals surface area (Å²) in [7, 11) is 0. The number of aromatic nitrogens is 1. The number of piperidine rings is 1. The van der Waals surface area contributed by atoms with E-state index in [-0.39, 0.29) is 11.2 Å². The lowest BCUT2D eigenvalue weighted by Crippen LogP contribution is -2.44. The molecule has 3 heterocycles. The van der Waals surface area contributed by atoms with E-state index in [1.165, 1.54) is 32.2 Å². The number of benzene rings is 1. The first kappa shape index (κ1) is 22.2. The summed E-state index contributed by atoms with van der Waals surface area (Å²) < 4.78 is 0. The summed E-state index contributed by atoms with van der Waals surface area (Å²) in [5.41, 5.74) is 7.65. The molecule has 166 valence electrons. The van der Waals surface area contributed by atoms with Crippen LogP contribution in [0.1, 0.15) is 63.3 Å². The molecular formula is C25H34N4OS. The van der Waals surface area contributed by atoms with Gasteiger partial charge >= 0.3 is 0 Å². The Bertz CT molecular complexity index is 895. The highest BCUT2D eigenvalue weighted by molar-refractivity contribution is 8.00. The van der Waals surface area contributed by atoms with E-state index < -0.39 is 0 Å². The first-order valence-corrected chi connectivity index (χ1v) is 12.5. The van der Waals surface area contributed by atoms with E-state index in [0.717, 1.165) is 35.7 Å². The Morgan fingerprint density at radius 2 is 1.74 bits per heavy atom. The summed E-state index contributed by atoms with van der Waals surface area (Å²) in [6, 6.07) is 15.1. The fourth-order valence-corrected chi connectivity index (χ4v) is 6.10. The maximum atomic E-state index is 13.4. The molecule has 2 N–H and O–H groups in total.